The van der Waals surface area contributed by atoms with Gasteiger partial charge in [0.25, 0.3) is 0 Å². The van der Waals surface area contributed by atoms with E-state index >= 15 is 0 Å². The van der Waals surface area contributed by atoms with E-state index in [1.807, 2.05) is 24.4 Å². The van der Waals surface area contributed by atoms with Gasteiger partial charge in [0.05, 0.1) is 23.0 Å². The van der Waals surface area contributed by atoms with Gasteiger partial charge >= 0.3 is 0 Å². The van der Waals surface area contributed by atoms with Gasteiger partial charge in [-0.2, -0.15) is 0 Å². The number of aromatic nitrogens is 2. The molecule has 4 heterocycles. The third-order valence-electron chi connectivity index (χ3n) is 3.76. The average Bonchev–Trinajstić information content (AvgIpc) is 3.19. The predicted octanol–water partition coefficient (Wildman–Crippen LogP) is 3.65. The molecule has 6 heteroatoms. The van der Waals surface area contributed by atoms with E-state index < -0.39 is 0 Å². The van der Waals surface area contributed by atoms with E-state index in [1.165, 1.54) is 5.56 Å². The van der Waals surface area contributed by atoms with Crippen LogP contribution in [-0.2, 0) is 19.5 Å². The van der Waals surface area contributed by atoms with Crippen molar-refractivity contribution in [2.45, 2.75) is 19.5 Å². The van der Waals surface area contributed by atoms with E-state index in [4.69, 9.17) is 8.83 Å². The molecule has 0 amide bonds. The lowest BCUT2D eigenvalue weighted by molar-refractivity contribution is 0.223. The van der Waals surface area contributed by atoms with Crippen molar-refractivity contribution in [1.82, 2.24) is 14.9 Å². The van der Waals surface area contributed by atoms with E-state index in [9.17, 15) is 0 Å². The lowest BCUT2D eigenvalue weighted by atomic mass is 10.1. The average molecular weight is 360 g/mol. The molecule has 22 heavy (non-hydrogen) atoms. The van der Waals surface area contributed by atoms with Crippen LogP contribution in [0.3, 0.4) is 0 Å². The Balaban J connectivity index is 1.52. The summed E-state index contributed by atoms with van der Waals surface area (Å²) in [5.74, 6) is 2.33. The highest BCUT2D eigenvalue weighted by atomic mass is 79.9. The van der Waals surface area contributed by atoms with E-state index in [0.717, 1.165) is 42.0 Å². The summed E-state index contributed by atoms with van der Waals surface area (Å²) in [6, 6.07) is 5.74. The Hall–Kier alpha value is -1.92. The Morgan fingerprint density at radius 1 is 1.32 bits per heavy atom. The van der Waals surface area contributed by atoms with E-state index in [2.05, 4.69) is 30.8 Å². The second-order valence-electron chi connectivity index (χ2n) is 5.33. The first-order valence-electron chi connectivity index (χ1n) is 7.12. The molecule has 0 fully saturated rings. The van der Waals surface area contributed by atoms with Crippen molar-refractivity contribution in [2.24, 2.45) is 0 Å². The number of nitrogens with zero attached hydrogens (tertiary/aromatic N) is 3. The van der Waals surface area contributed by atoms with Gasteiger partial charge in [0.2, 0.25) is 0 Å². The summed E-state index contributed by atoms with van der Waals surface area (Å²) in [6.07, 6.45) is 6.17. The second kappa shape index (κ2) is 5.70. The summed E-state index contributed by atoms with van der Waals surface area (Å²) in [5, 5.41) is 0. The zero-order valence-electron chi connectivity index (χ0n) is 11.8. The lowest BCUT2D eigenvalue weighted by Gasteiger charge is -2.27. The van der Waals surface area contributed by atoms with Gasteiger partial charge in [0, 0.05) is 31.3 Å². The van der Waals surface area contributed by atoms with Crippen LogP contribution >= 0.6 is 15.9 Å². The van der Waals surface area contributed by atoms with E-state index in [1.54, 1.807) is 12.5 Å². The summed E-state index contributed by atoms with van der Waals surface area (Å²) >= 11 is 3.41. The number of halogens is 1. The van der Waals surface area contributed by atoms with Gasteiger partial charge in [-0.3, -0.25) is 4.90 Å². The Bertz CT molecular complexity index is 783. The largest absolute Gasteiger partial charge is 0.467 e. The maximum absolute atomic E-state index is 5.49. The van der Waals surface area contributed by atoms with E-state index in [-0.39, 0.29) is 0 Å². The first-order chi connectivity index (χ1) is 10.8. The molecule has 0 radical (unpaired) electrons. The number of hydrogen-bond donors (Lipinski definition) is 0. The molecule has 1 aliphatic rings. The van der Waals surface area contributed by atoms with Crippen molar-refractivity contribution in [3.63, 3.8) is 0 Å². The van der Waals surface area contributed by atoms with Crippen LogP contribution < -0.4 is 0 Å². The Morgan fingerprint density at radius 3 is 3.05 bits per heavy atom. The molecule has 0 aliphatic carbocycles. The summed E-state index contributed by atoms with van der Waals surface area (Å²) in [7, 11) is 0. The monoisotopic (exact) mass is 359 g/mol. The first-order valence-corrected chi connectivity index (χ1v) is 7.91. The van der Waals surface area contributed by atoms with Gasteiger partial charge in [-0.05, 0) is 34.1 Å². The van der Waals surface area contributed by atoms with Crippen molar-refractivity contribution in [1.29, 1.82) is 0 Å². The first kappa shape index (κ1) is 13.7. The second-order valence-corrected chi connectivity index (χ2v) is 6.25. The molecule has 0 spiro atoms. The van der Waals surface area contributed by atoms with Crippen LogP contribution in [0.15, 0.2) is 50.2 Å². The molecule has 0 atom stereocenters. The summed E-state index contributed by atoms with van der Waals surface area (Å²) in [6.45, 7) is 2.59. The third kappa shape index (κ3) is 2.71. The topological polar surface area (TPSA) is 55.3 Å². The van der Waals surface area contributed by atoms with Gasteiger partial charge in [0.15, 0.2) is 11.6 Å². The molecule has 0 saturated heterocycles. The molecule has 1 aliphatic heterocycles. The number of fused-ring (bicyclic) bond motifs is 1. The molecule has 0 N–H and O–H groups in total. The zero-order chi connectivity index (χ0) is 14.9. The summed E-state index contributed by atoms with van der Waals surface area (Å²) < 4.78 is 11.8. The normalized spacial score (nSPS) is 15.0. The van der Waals surface area contributed by atoms with Crippen LogP contribution in [0, 0.1) is 0 Å². The minimum Gasteiger partial charge on any atom is -0.467 e. The molecule has 3 aromatic heterocycles. The van der Waals surface area contributed by atoms with Crippen molar-refractivity contribution in [2.75, 3.05) is 6.54 Å². The minimum absolute atomic E-state index is 0.659. The fraction of sp³-hybridized carbons (Fsp3) is 0.250. The Morgan fingerprint density at radius 2 is 2.27 bits per heavy atom. The quantitative estimate of drug-likeness (QED) is 0.714. The highest BCUT2D eigenvalue weighted by molar-refractivity contribution is 9.10. The molecule has 0 bridgehead atoms. The number of hydrogen-bond acceptors (Lipinski definition) is 5. The van der Waals surface area contributed by atoms with Crippen molar-refractivity contribution in [3.8, 4) is 11.6 Å². The fourth-order valence-electron chi connectivity index (χ4n) is 2.69. The van der Waals surface area contributed by atoms with Gasteiger partial charge < -0.3 is 8.83 Å². The van der Waals surface area contributed by atoms with Crippen LogP contribution in [0.1, 0.15) is 17.0 Å². The van der Waals surface area contributed by atoms with Crippen molar-refractivity contribution in [3.05, 3.63) is 58.4 Å². The molecular weight excluding hydrogens is 346 g/mol. The number of rotatable bonds is 3. The van der Waals surface area contributed by atoms with Crippen molar-refractivity contribution < 1.29 is 8.83 Å². The Kier molecular flexibility index (Phi) is 3.56. The number of furan rings is 2. The third-order valence-corrected chi connectivity index (χ3v) is 4.17. The lowest BCUT2D eigenvalue weighted by Crippen LogP contribution is -2.30. The molecule has 3 aromatic rings. The highest BCUT2D eigenvalue weighted by Crippen LogP contribution is 2.23. The van der Waals surface area contributed by atoms with Gasteiger partial charge in [-0.15, -0.1) is 0 Å². The Labute approximate surface area is 136 Å². The van der Waals surface area contributed by atoms with Crippen LogP contribution in [0.25, 0.3) is 11.6 Å². The smallest absolute Gasteiger partial charge is 0.195 e. The maximum atomic E-state index is 5.49. The highest BCUT2D eigenvalue weighted by Gasteiger charge is 2.20. The van der Waals surface area contributed by atoms with Gasteiger partial charge in [0.1, 0.15) is 12.0 Å². The van der Waals surface area contributed by atoms with Gasteiger partial charge in [-0.25, -0.2) is 9.97 Å². The molecule has 0 aromatic carbocycles. The molecular formula is C16H14BrN3O2. The minimum atomic E-state index is 0.659. The molecule has 0 saturated carbocycles. The molecule has 5 nitrogen and oxygen atoms in total. The summed E-state index contributed by atoms with van der Waals surface area (Å²) in [4.78, 5) is 11.4. The van der Waals surface area contributed by atoms with Crippen LogP contribution in [0.5, 0.6) is 0 Å². The maximum Gasteiger partial charge on any atom is 0.195 e. The SMILES string of the molecule is Brc1coc(CN2CCc3nc(-c4ccco4)ncc3C2)c1. The standard InChI is InChI=1S/C16H14BrN3O2/c17-12-6-13(22-10-12)9-20-4-3-14-11(8-20)7-18-16(19-14)15-2-1-5-21-15/h1-2,5-7,10H,3-4,8-9H2. The van der Waals surface area contributed by atoms with Crippen LogP contribution in [0.2, 0.25) is 0 Å². The van der Waals surface area contributed by atoms with Crippen molar-refractivity contribution >= 4 is 15.9 Å². The predicted molar refractivity (Wildman–Crippen MR) is 84.0 cm³/mol. The molecule has 112 valence electrons. The van der Waals surface area contributed by atoms with E-state index in [0.29, 0.717) is 11.6 Å². The summed E-state index contributed by atoms with van der Waals surface area (Å²) in [5.41, 5.74) is 2.28. The van der Waals surface area contributed by atoms with Crippen LogP contribution in [-0.4, -0.2) is 21.4 Å². The zero-order valence-corrected chi connectivity index (χ0v) is 13.4. The fourth-order valence-corrected chi connectivity index (χ4v) is 3.04. The van der Waals surface area contributed by atoms with Crippen LogP contribution in [0.4, 0.5) is 0 Å². The molecule has 0 unspecified atom stereocenters. The van der Waals surface area contributed by atoms with Gasteiger partial charge in [-0.1, -0.05) is 0 Å². The molecule has 4 rings (SSSR count).